The standard InChI is InChI=1S/C8H11NO2S/c1-10-6-3-4-7(9-12)8(5-6)11-2/h3-5,9,12H,1-2H3. The lowest BCUT2D eigenvalue weighted by Crippen LogP contribution is -1.90. The van der Waals surface area contributed by atoms with Crippen LogP contribution >= 0.6 is 12.8 Å². The number of methoxy groups -OCH3 is 2. The lowest BCUT2D eigenvalue weighted by Gasteiger charge is -2.08. The van der Waals surface area contributed by atoms with Crippen molar-refractivity contribution in [3.63, 3.8) is 0 Å². The van der Waals surface area contributed by atoms with Gasteiger partial charge in [-0.1, -0.05) is 12.8 Å². The molecule has 0 bridgehead atoms. The number of benzene rings is 1. The zero-order chi connectivity index (χ0) is 8.97. The summed E-state index contributed by atoms with van der Waals surface area (Å²) in [6.45, 7) is 0. The van der Waals surface area contributed by atoms with Crippen molar-refractivity contribution in [3.8, 4) is 11.5 Å². The van der Waals surface area contributed by atoms with E-state index in [-0.39, 0.29) is 0 Å². The highest BCUT2D eigenvalue weighted by molar-refractivity contribution is 7.81. The molecule has 12 heavy (non-hydrogen) atoms. The predicted octanol–water partition coefficient (Wildman–Crippen LogP) is 1.96. The van der Waals surface area contributed by atoms with Gasteiger partial charge < -0.3 is 14.2 Å². The lowest BCUT2D eigenvalue weighted by molar-refractivity contribution is 0.396. The number of anilines is 1. The van der Waals surface area contributed by atoms with Gasteiger partial charge in [0.05, 0.1) is 19.9 Å². The van der Waals surface area contributed by atoms with Crippen LogP contribution in [0.3, 0.4) is 0 Å². The summed E-state index contributed by atoms with van der Waals surface area (Å²) in [5, 5.41) is 0. The van der Waals surface area contributed by atoms with Gasteiger partial charge in [-0.15, -0.1) is 0 Å². The fourth-order valence-electron chi connectivity index (χ4n) is 0.891. The number of rotatable bonds is 3. The van der Waals surface area contributed by atoms with E-state index in [1.807, 2.05) is 12.1 Å². The molecule has 0 spiro atoms. The van der Waals surface area contributed by atoms with Crippen molar-refractivity contribution in [3.05, 3.63) is 18.2 Å². The Morgan fingerprint density at radius 2 is 2.00 bits per heavy atom. The molecule has 1 rings (SSSR count). The van der Waals surface area contributed by atoms with Crippen molar-refractivity contribution in [2.45, 2.75) is 0 Å². The topological polar surface area (TPSA) is 30.5 Å². The van der Waals surface area contributed by atoms with Crippen molar-refractivity contribution in [2.24, 2.45) is 0 Å². The van der Waals surface area contributed by atoms with Crippen LogP contribution in [0.5, 0.6) is 11.5 Å². The molecule has 3 nitrogen and oxygen atoms in total. The number of hydrogen-bond donors (Lipinski definition) is 2. The normalized spacial score (nSPS) is 9.25. The summed E-state index contributed by atoms with van der Waals surface area (Å²) in [6, 6.07) is 5.46. The lowest BCUT2D eigenvalue weighted by atomic mass is 10.3. The molecule has 1 N–H and O–H groups in total. The first-order valence-corrected chi connectivity index (χ1v) is 3.88. The molecule has 0 heterocycles. The van der Waals surface area contributed by atoms with Gasteiger partial charge in [-0.05, 0) is 12.1 Å². The zero-order valence-electron chi connectivity index (χ0n) is 7.00. The number of hydrogen-bond acceptors (Lipinski definition) is 4. The third-order valence-electron chi connectivity index (χ3n) is 1.53. The van der Waals surface area contributed by atoms with Crippen LogP contribution in [0.25, 0.3) is 0 Å². The largest absolute Gasteiger partial charge is 0.497 e. The molecular formula is C8H11NO2S. The first kappa shape index (κ1) is 9.06. The van der Waals surface area contributed by atoms with E-state index >= 15 is 0 Å². The van der Waals surface area contributed by atoms with E-state index < -0.39 is 0 Å². The summed E-state index contributed by atoms with van der Waals surface area (Å²) >= 11 is 3.93. The zero-order valence-corrected chi connectivity index (χ0v) is 7.89. The summed E-state index contributed by atoms with van der Waals surface area (Å²) in [5.41, 5.74) is 0.821. The third kappa shape index (κ3) is 1.76. The van der Waals surface area contributed by atoms with Crippen molar-refractivity contribution in [1.82, 2.24) is 0 Å². The second-order valence-corrected chi connectivity index (χ2v) is 2.40. The van der Waals surface area contributed by atoms with Gasteiger partial charge in [-0.2, -0.15) is 0 Å². The molecule has 0 unspecified atom stereocenters. The Hall–Kier alpha value is -1.03. The molecule has 0 atom stereocenters. The summed E-state index contributed by atoms with van der Waals surface area (Å²) in [6.07, 6.45) is 0. The molecule has 66 valence electrons. The Balaban J connectivity index is 3.02. The minimum absolute atomic E-state index is 0.712. The second-order valence-electron chi connectivity index (χ2n) is 2.18. The minimum atomic E-state index is 0.712. The Morgan fingerprint density at radius 3 is 2.50 bits per heavy atom. The van der Waals surface area contributed by atoms with Gasteiger partial charge in [0.2, 0.25) is 0 Å². The van der Waals surface area contributed by atoms with Gasteiger partial charge >= 0.3 is 0 Å². The van der Waals surface area contributed by atoms with Crippen LogP contribution in [0.1, 0.15) is 0 Å². The van der Waals surface area contributed by atoms with Gasteiger partial charge in [0.1, 0.15) is 11.5 Å². The molecule has 0 radical (unpaired) electrons. The summed E-state index contributed by atoms with van der Waals surface area (Å²) < 4.78 is 12.8. The van der Waals surface area contributed by atoms with Crippen LogP contribution in [0.4, 0.5) is 5.69 Å². The summed E-state index contributed by atoms with van der Waals surface area (Å²) in [7, 11) is 3.21. The van der Waals surface area contributed by atoms with E-state index in [9.17, 15) is 0 Å². The predicted molar refractivity (Wildman–Crippen MR) is 52.2 cm³/mol. The van der Waals surface area contributed by atoms with E-state index in [2.05, 4.69) is 17.5 Å². The maximum Gasteiger partial charge on any atom is 0.146 e. The van der Waals surface area contributed by atoms with Crippen LogP contribution in [0.2, 0.25) is 0 Å². The highest BCUT2D eigenvalue weighted by Crippen LogP contribution is 2.29. The van der Waals surface area contributed by atoms with Gasteiger partial charge in [0, 0.05) is 6.07 Å². The van der Waals surface area contributed by atoms with E-state index in [1.165, 1.54) is 0 Å². The second kappa shape index (κ2) is 4.11. The monoisotopic (exact) mass is 185 g/mol. The minimum Gasteiger partial charge on any atom is -0.497 e. The molecular weight excluding hydrogens is 174 g/mol. The highest BCUT2D eigenvalue weighted by atomic mass is 32.1. The van der Waals surface area contributed by atoms with Crippen molar-refractivity contribution >= 4 is 18.5 Å². The van der Waals surface area contributed by atoms with Gasteiger partial charge in [0.25, 0.3) is 0 Å². The van der Waals surface area contributed by atoms with Gasteiger partial charge in [-0.25, -0.2) is 0 Å². The molecule has 4 heteroatoms. The molecule has 1 aromatic rings. The van der Waals surface area contributed by atoms with Crippen molar-refractivity contribution in [1.29, 1.82) is 0 Å². The SMILES string of the molecule is COc1ccc(NS)c(OC)c1. The first-order chi connectivity index (χ1) is 5.81. The van der Waals surface area contributed by atoms with Crippen LogP contribution in [-0.4, -0.2) is 14.2 Å². The smallest absolute Gasteiger partial charge is 0.146 e. The Bertz CT molecular complexity index is 265. The molecule has 0 amide bonds. The fraction of sp³-hybridized carbons (Fsp3) is 0.250. The molecule has 0 saturated carbocycles. The molecule has 0 fully saturated rings. The van der Waals surface area contributed by atoms with E-state index in [0.717, 1.165) is 11.4 Å². The fourth-order valence-corrected chi connectivity index (χ4v) is 1.08. The molecule has 0 aromatic heterocycles. The van der Waals surface area contributed by atoms with Gasteiger partial charge in [-0.3, -0.25) is 0 Å². The number of nitrogens with one attached hydrogen (secondary N) is 1. The first-order valence-electron chi connectivity index (χ1n) is 3.44. The van der Waals surface area contributed by atoms with Crippen LogP contribution < -0.4 is 14.2 Å². The molecule has 0 aliphatic heterocycles. The third-order valence-corrected chi connectivity index (χ3v) is 1.77. The molecule has 0 aliphatic carbocycles. The van der Waals surface area contributed by atoms with Crippen LogP contribution in [-0.2, 0) is 0 Å². The summed E-state index contributed by atoms with van der Waals surface area (Å²) in [5.74, 6) is 1.48. The Labute approximate surface area is 77.2 Å². The Morgan fingerprint density at radius 1 is 1.25 bits per heavy atom. The van der Waals surface area contributed by atoms with Crippen molar-refractivity contribution < 1.29 is 9.47 Å². The van der Waals surface area contributed by atoms with E-state index in [4.69, 9.17) is 9.47 Å². The molecule has 1 aromatic carbocycles. The quantitative estimate of drug-likeness (QED) is 0.706. The number of thiol groups is 1. The van der Waals surface area contributed by atoms with E-state index in [1.54, 1.807) is 20.3 Å². The van der Waals surface area contributed by atoms with Crippen molar-refractivity contribution in [2.75, 3.05) is 18.9 Å². The average Bonchev–Trinajstić information content (AvgIpc) is 2.16. The van der Waals surface area contributed by atoms with E-state index in [0.29, 0.717) is 5.75 Å². The van der Waals surface area contributed by atoms with Crippen LogP contribution in [0.15, 0.2) is 18.2 Å². The average molecular weight is 185 g/mol. The van der Waals surface area contributed by atoms with Crippen LogP contribution in [0, 0.1) is 0 Å². The summed E-state index contributed by atoms with van der Waals surface area (Å²) in [4.78, 5) is 0. The maximum atomic E-state index is 5.09. The maximum absolute atomic E-state index is 5.09. The van der Waals surface area contributed by atoms with Gasteiger partial charge in [0.15, 0.2) is 0 Å². The number of ether oxygens (including phenoxy) is 2. The Kier molecular flexibility index (Phi) is 3.10. The molecule has 0 aliphatic rings. The molecule has 0 saturated heterocycles. The highest BCUT2D eigenvalue weighted by Gasteiger charge is 2.01.